The van der Waals surface area contributed by atoms with Crippen molar-refractivity contribution in [2.24, 2.45) is 0 Å². The molecule has 21 heavy (non-hydrogen) atoms. The highest BCUT2D eigenvalue weighted by Crippen LogP contribution is 2.42. The summed E-state index contributed by atoms with van der Waals surface area (Å²) < 4.78 is 12.3. The van der Waals surface area contributed by atoms with Gasteiger partial charge in [-0.1, -0.05) is 29.8 Å². The zero-order valence-electron chi connectivity index (χ0n) is 11.3. The van der Waals surface area contributed by atoms with Crippen molar-refractivity contribution in [3.63, 3.8) is 0 Å². The molecule has 0 aliphatic carbocycles. The Kier molecular flexibility index (Phi) is 4.52. The molecule has 110 valence electrons. The highest BCUT2D eigenvalue weighted by molar-refractivity contribution is 14.1. The van der Waals surface area contributed by atoms with Crippen molar-refractivity contribution < 1.29 is 9.47 Å². The molecule has 2 aromatic rings. The van der Waals surface area contributed by atoms with Crippen LogP contribution in [0.1, 0.15) is 22.1 Å². The molecule has 0 fully saturated rings. The fourth-order valence-electron chi connectivity index (χ4n) is 2.31. The number of hydrogen-bond donors (Lipinski definition) is 0. The summed E-state index contributed by atoms with van der Waals surface area (Å²) in [5, 5.41) is 0.275. The lowest BCUT2D eigenvalue weighted by Gasteiger charge is -2.22. The first-order valence-corrected chi connectivity index (χ1v) is 8.45. The zero-order valence-corrected chi connectivity index (χ0v) is 15.0. The van der Waals surface area contributed by atoms with Gasteiger partial charge in [0.2, 0.25) is 0 Å². The zero-order chi connectivity index (χ0) is 15.0. The summed E-state index contributed by atoms with van der Waals surface area (Å²) in [5.74, 6) is 1.38. The third-order valence-electron chi connectivity index (χ3n) is 3.43. The number of halogens is 3. The van der Waals surface area contributed by atoms with Crippen LogP contribution < -0.4 is 9.47 Å². The van der Waals surface area contributed by atoms with E-state index in [4.69, 9.17) is 32.7 Å². The number of fused-ring (bicyclic) bond motifs is 1. The van der Waals surface area contributed by atoms with E-state index in [1.807, 2.05) is 18.2 Å². The Balaban J connectivity index is 2.05. The Bertz CT molecular complexity index is 688. The van der Waals surface area contributed by atoms with Gasteiger partial charge >= 0.3 is 0 Å². The second-order valence-electron chi connectivity index (χ2n) is 4.86. The molecule has 0 N–H and O–H groups in total. The first-order chi connectivity index (χ1) is 10.1. The third kappa shape index (κ3) is 2.96. The molecule has 0 saturated heterocycles. The van der Waals surface area contributed by atoms with Gasteiger partial charge in [0.25, 0.3) is 0 Å². The largest absolute Gasteiger partial charge is 0.486 e. The molecule has 0 aromatic heterocycles. The quantitative estimate of drug-likeness (QED) is 0.468. The SMILES string of the molecule is Cc1cccc(C(Cl)c2cc3c(cc2Cl)OCCO3)c1I. The molecule has 0 amide bonds. The van der Waals surface area contributed by atoms with Crippen molar-refractivity contribution in [1.82, 2.24) is 0 Å². The van der Waals surface area contributed by atoms with Crippen LogP contribution >= 0.6 is 45.8 Å². The number of hydrogen-bond acceptors (Lipinski definition) is 2. The van der Waals surface area contributed by atoms with E-state index in [0.717, 1.165) is 14.7 Å². The molecule has 0 bridgehead atoms. The smallest absolute Gasteiger partial charge is 0.162 e. The Morgan fingerprint density at radius 2 is 1.76 bits per heavy atom. The van der Waals surface area contributed by atoms with Crippen LogP contribution in [-0.4, -0.2) is 13.2 Å². The first kappa shape index (κ1) is 15.3. The van der Waals surface area contributed by atoms with Crippen molar-refractivity contribution >= 4 is 45.8 Å². The Hall–Kier alpha value is -0.650. The fraction of sp³-hybridized carbons (Fsp3) is 0.250. The topological polar surface area (TPSA) is 18.5 Å². The molecule has 5 heteroatoms. The highest BCUT2D eigenvalue weighted by atomic mass is 127. The molecule has 2 nitrogen and oxygen atoms in total. The molecule has 1 aliphatic heterocycles. The maximum Gasteiger partial charge on any atom is 0.162 e. The minimum Gasteiger partial charge on any atom is -0.486 e. The van der Waals surface area contributed by atoms with Crippen molar-refractivity contribution in [2.75, 3.05) is 13.2 Å². The summed E-state index contributed by atoms with van der Waals surface area (Å²) in [6, 6.07) is 9.77. The van der Waals surface area contributed by atoms with Gasteiger partial charge in [-0.15, -0.1) is 11.6 Å². The van der Waals surface area contributed by atoms with E-state index in [9.17, 15) is 0 Å². The molecule has 1 heterocycles. The van der Waals surface area contributed by atoms with Crippen LogP contribution in [0.2, 0.25) is 5.02 Å². The van der Waals surface area contributed by atoms with Crippen LogP contribution in [0.15, 0.2) is 30.3 Å². The van der Waals surface area contributed by atoms with Crippen LogP contribution in [0.4, 0.5) is 0 Å². The molecule has 1 unspecified atom stereocenters. The Morgan fingerprint density at radius 1 is 1.10 bits per heavy atom. The summed E-state index contributed by atoms with van der Waals surface area (Å²) in [4.78, 5) is 0. The molecular formula is C16H13Cl2IO2. The maximum absolute atomic E-state index is 6.67. The van der Waals surface area contributed by atoms with Crippen LogP contribution in [0.3, 0.4) is 0 Å². The fourth-order valence-corrected chi connectivity index (χ4v) is 3.84. The van der Waals surface area contributed by atoms with Gasteiger partial charge in [-0.25, -0.2) is 0 Å². The second-order valence-corrected chi connectivity index (χ2v) is 6.78. The van der Waals surface area contributed by atoms with Gasteiger partial charge in [0.1, 0.15) is 13.2 Å². The van der Waals surface area contributed by atoms with Crippen LogP contribution in [0, 0.1) is 10.5 Å². The van der Waals surface area contributed by atoms with Gasteiger partial charge < -0.3 is 9.47 Å². The van der Waals surface area contributed by atoms with E-state index in [1.54, 1.807) is 6.07 Å². The molecular weight excluding hydrogens is 422 g/mol. The number of rotatable bonds is 2. The minimum absolute atomic E-state index is 0.319. The highest BCUT2D eigenvalue weighted by Gasteiger charge is 2.22. The van der Waals surface area contributed by atoms with E-state index in [-0.39, 0.29) is 5.38 Å². The summed E-state index contributed by atoms with van der Waals surface area (Å²) >= 11 is 15.4. The molecule has 0 saturated carbocycles. The molecule has 0 radical (unpaired) electrons. The normalized spacial score (nSPS) is 14.9. The van der Waals surface area contributed by atoms with E-state index in [2.05, 4.69) is 35.6 Å². The number of ether oxygens (including phenoxy) is 2. The predicted molar refractivity (Wildman–Crippen MR) is 94.0 cm³/mol. The second kappa shape index (κ2) is 6.23. The van der Waals surface area contributed by atoms with E-state index in [1.165, 1.54) is 5.56 Å². The standard InChI is InChI=1S/C16H13Cl2IO2/c1-9-3-2-4-10(16(9)19)15(18)11-7-13-14(8-12(11)17)21-6-5-20-13/h2-4,7-8,15H,5-6H2,1H3. The average Bonchev–Trinajstić information content (AvgIpc) is 2.48. The monoisotopic (exact) mass is 434 g/mol. The van der Waals surface area contributed by atoms with E-state index < -0.39 is 0 Å². The number of alkyl halides is 1. The molecule has 2 aromatic carbocycles. The van der Waals surface area contributed by atoms with Gasteiger partial charge in [-0.3, -0.25) is 0 Å². The lowest BCUT2D eigenvalue weighted by Crippen LogP contribution is -2.15. The Labute approximate surface area is 147 Å². The van der Waals surface area contributed by atoms with Crippen molar-refractivity contribution in [2.45, 2.75) is 12.3 Å². The van der Waals surface area contributed by atoms with Crippen molar-refractivity contribution in [3.05, 3.63) is 55.6 Å². The molecule has 0 spiro atoms. The Morgan fingerprint density at radius 3 is 2.48 bits per heavy atom. The summed E-state index contributed by atoms with van der Waals surface area (Å²) in [5.41, 5.74) is 3.09. The van der Waals surface area contributed by atoms with Crippen LogP contribution in [0.5, 0.6) is 11.5 Å². The first-order valence-electron chi connectivity index (χ1n) is 6.56. The maximum atomic E-state index is 6.67. The van der Waals surface area contributed by atoms with E-state index >= 15 is 0 Å². The van der Waals surface area contributed by atoms with Gasteiger partial charge in [0.05, 0.1) is 5.38 Å². The lowest BCUT2D eigenvalue weighted by molar-refractivity contribution is 0.171. The summed E-state index contributed by atoms with van der Waals surface area (Å²) in [7, 11) is 0. The molecule has 1 atom stereocenters. The van der Waals surface area contributed by atoms with Crippen LogP contribution in [0.25, 0.3) is 0 Å². The third-order valence-corrected chi connectivity index (χ3v) is 5.70. The minimum atomic E-state index is -0.319. The average molecular weight is 435 g/mol. The number of aryl methyl sites for hydroxylation is 1. The number of benzene rings is 2. The van der Waals surface area contributed by atoms with Crippen molar-refractivity contribution in [3.8, 4) is 11.5 Å². The van der Waals surface area contributed by atoms with Gasteiger partial charge in [0, 0.05) is 14.7 Å². The van der Waals surface area contributed by atoms with Crippen molar-refractivity contribution in [1.29, 1.82) is 0 Å². The molecule has 3 rings (SSSR count). The summed E-state index contributed by atoms with van der Waals surface area (Å²) in [6.07, 6.45) is 0. The molecule has 1 aliphatic rings. The van der Waals surface area contributed by atoms with Gasteiger partial charge in [-0.05, 0) is 52.3 Å². The van der Waals surface area contributed by atoms with Crippen LogP contribution in [-0.2, 0) is 0 Å². The van der Waals surface area contributed by atoms with E-state index in [0.29, 0.717) is 29.7 Å². The van der Waals surface area contributed by atoms with Gasteiger partial charge in [-0.2, -0.15) is 0 Å². The summed E-state index contributed by atoms with van der Waals surface area (Å²) in [6.45, 7) is 3.16. The predicted octanol–water partition coefficient (Wildman–Crippen LogP) is 5.35. The lowest BCUT2D eigenvalue weighted by atomic mass is 10.0. The van der Waals surface area contributed by atoms with Gasteiger partial charge in [0.15, 0.2) is 11.5 Å².